The van der Waals surface area contributed by atoms with Crippen molar-refractivity contribution in [2.45, 2.75) is 37.5 Å². The number of morpholine rings is 1. The summed E-state index contributed by atoms with van der Waals surface area (Å²) >= 11 is 6.26. The van der Waals surface area contributed by atoms with Crippen molar-refractivity contribution in [2.24, 2.45) is 5.92 Å². The lowest BCUT2D eigenvalue weighted by molar-refractivity contribution is -0.179. The first-order valence-corrected chi connectivity index (χ1v) is 10.9. The van der Waals surface area contributed by atoms with Crippen LogP contribution in [0.25, 0.3) is 10.9 Å². The molecule has 1 saturated heterocycles. The van der Waals surface area contributed by atoms with E-state index in [1.165, 1.54) is 0 Å². The van der Waals surface area contributed by atoms with E-state index < -0.39 is 24.2 Å². The summed E-state index contributed by atoms with van der Waals surface area (Å²) in [6.07, 6.45) is 0.231. The van der Waals surface area contributed by atoms with Crippen LogP contribution in [0.3, 0.4) is 0 Å². The molecule has 2 heterocycles. The topological polar surface area (TPSA) is 82.6 Å². The molecular weight excluding hydrogens is 416 g/mol. The fourth-order valence-corrected chi connectivity index (χ4v) is 4.60. The molecule has 2 aromatic carbocycles. The summed E-state index contributed by atoms with van der Waals surface area (Å²) in [5.74, 6) is -0.880. The molecule has 3 aromatic rings. The van der Waals surface area contributed by atoms with Gasteiger partial charge in [-0.2, -0.15) is 0 Å². The Bertz CT molecular complexity index is 1110. The summed E-state index contributed by atoms with van der Waals surface area (Å²) in [4.78, 5) is 30.1. The Morgan fingerprint density at radius 1 is 1.16 bits per heavy atom. The van der Waals surface area contributed by atoms with Crippen LogP contribution < -0.4 is 0 Å². The summed E-state index contributed by atoms with van der Waals surface area (Å²) in [6, 6.07) is 17.0. The number of hydrogen-bond donors (Lipinski definition) is 2. The number of benzene rings is 2. The second-order valence-electron chi connectivity index (χ2n) is 8.39. The molecule has 2 N–H and O–H groups in total. The fraction of sp³-hybridized carbons (Fsp3) is 0.333. The van der Waals surface area contributed by atoms with Gasteiger partial charge in [0.05, 0.1) is 6.42 Å². The first kappa shape index (κ1) is 20.1. The number of carboxylic acids is 1. The van der Waals surface area contributed by atoms with Gasteiger partial charge in [-0.1, -0.05) is 41.9 Å². The van der Waals surface area contributed by atoms with Gasteiger partial charge in [-0.05, 0) is 54.0 Å². The number of hydrogen-bond acceptors (Lipinski definition) is 3. The Labute approximate surface area is 184 Å². The van der Waals surface area contributed by atoms with E-state index in [2.05, 4.69) is 4.98 Å². The van der Waals surface area contributed by atoms with E-state index in [1.807, 2.05) is 53.4 Å². The van der Waals surface area contributed by atoms with Crippen LogP contribution in [-0.2, 0) is 14.3 Å². The standard InChI is InChI=1S/C24H23ClN2O4/c25-17-6-3-5-16(10-17)23-22(19-11-15-4-1-2-7-18(15)26-19)27(13-14-8-9-14)24(30)20(31-23)12-21(28)29/h1-7,10-11,14,20,22-23,26H,8-9,12-13H2,(H,28,29)/t20-,22+,23+/m0/s1. The number of ether oxygens (including phenoxy) is 1. The van der Waals surface area contributed by atoms with E-state index in [0.717, 1.165) is 35.0 Å². The summed E-state index contributed by atoms with van der Waals surface area (Å²) in [5, 5.41) is 11.0. The van der Waals surface area contributed by atoms with Gasteiger partial charge in [-0.25, -0.2) is 0 Å². The molecule has 0 radical (unpaired) electrons. The summed E-state index contributed by atoms with van der Waals surface area (Å²) in [7, 11) is 0. The number of fused-ring (bicyclic) bond motifs is 1. The predicted octanol–water partition coefficient (Wildman–Crippen LogP) is 4.72. The minimum atomic E-state index is -1.06. The molecule has 7 heteroatoms. The molecule has 1 aliphatic heterocycles. The maximum Gasteiger partial charge on any atom is 0.306 e. The average Bonchev–Trinajstić information content (AvgIpc) is 3.45. The highest BCUT2D eigenvalue weighted by atomic mass is 35.5. The monoisotopic (exact) mass is 438 g/mol. The van der Waals surface area contributed by atoms with Crippen LogP contribution in [0.4, 0.5) is 0 Å². The molecule has 1 saturated carbocycles. The number of rotatable bonds is 6. The second kappa shape index (κ2) is 8.02. The zero-order valence-corrected chi connectivity index (χ0v) is 17.6. The number of carbonyl (C=O) groups is 2. The van der Waals surface area contributed by atoms with Gasteiger partial charge in [0.25, 0.3) is 5.91 Å². The third-order valence-electron chi connectivity index (χ3n) is 6.05. The largest absolute Gasteiger partial charge is 0.481 e. The molecular formula is C24H23ClN2O4. The highest BCUT2D eigenvalue weighted by Crippen LogP contribution is 2.45. The lowest BCUT2D eigenvalue weighted by Gasteiger charge is -2.44. The molecule has 31 heavy (non-hydrogen) atoms. The minimum Gasteiger partial charge on any atom is -0.481 e. The number of nitrogens with one attached hydrogen (secondary N) is 1. The van der Waals surface area contributed by atoms with Crippen LogP contribution in [0.1, 0.15) is 42.7 Å². The van der Waals surface area contributed by atoms with E-state index in [1.54, 1.807) is 6.07 Å². The van der Waals surface area contributed by atoms with Gasteiger partial charge in [0.1, 0.15) is 18.2 Å². The Balaban J connectivity index is 1.62. The average molecular weight is 439 g/mol. The van der Waals surface area contributed by atoms with E-state index in [-0.39, 0.29) is 12.3 Å². The van der Waals surface area contributed by atoms with Gasteiger partial charge >= 0.3 is 5.97 Å². The Hall–Kier alpha value is -2.83. The van der Waals surface area contributed by atoms with E-state index in [9.17, 15) is 14.7 Å². The van der Waals surface area contributed by atoms with Crippen molar-refractivity contribution in [1.82, 2.24) is 9.88 Å². The molecule has 2 aliphatic rings. The van der Waals surface area contributed by atoms with Gasteiger partial charge < -0.3 is 19.7 Å². The minimum absolute atomic E-state index is 0.267. The number of amides is 1. The molecule has 2 fully saturated rings. The van der Waals surface area contributed by atoms with Crippen LogP contribution in [0.5, 0.6) is 0 Å². The Kier molecular flexibility index (Phi) is 5.20. The lowest BCUT2D eigenvalue weighted by Crippen LogP contribution is -2.52. The van der Waals surface area contributed by atoms with Crippen LogP contribution in [0.2, 0.25) is 5.02 Å². The van der Waals surface area contributed by atoms with Crippen molar-refractivity contribution in [2.75, 3.05) is 6.54 Å². The summed E-state index contributed by atoms with van der Waals surface area (Å²) < 4.78 is 6.20. The highest BCUT2D eigenvalue weighted by molar-refractivity contribution is 6.30. The maximum atomic E-state index is 13.4. The van der Waals surface area contributed by atoms with E-state index >= 15 is 0 Å². The number of H-pyrrole nitrogens is 1. The molecule has 6 nitrogen and oxygen atoms in total. The molecule has 160 valence electrons. The predicted molar refractivity (Wildman–Crippen MR) is 117 cm³/mol. The number of halogens is 1. The highest BCUT2D eigenvalue weighted by Gasteiger charge is 2.46. The molecule has 1 amide bonds. The number of para-hydroxylation sites is 1. The molecule has 1 aliphatic carbocycles. The molecule has 5 rings (SSSR count). The summed E-state index contributed by atoms with van der Waals surface area (Å²) in [6.45, 7) is 0.593. The van der Waals surface area contributed by atoms with Crippen molar-refractivity contribution in [3.05, 3.63) is 70.9 Å². The van der Waals surface area contributed by atoms with Crippen LogP contribution in [-0.4, -0.2) is 39.5 Å². The summed E-state index contributed by atoms with van der Waals surface area (Å²) in [5.41, 5.74) is 2.67. The molecule has 1 aromatic heterocycles. The van der Waals surface area contributed by atoms with Gasteiger partial charge in [0.2, 0.25) is 0 Å². The Morgan fingerprint density at radius 2 is 1.97 bits per heavy atom. The smallest absolute Gasteiger partial charge is 0.306 e. The maximum absolute atomic E-state index is 13.4. The third-order valence-corrected chi connectivity index (χ3v) is 6.29. The third kappa shape index (κ3) is 4.05. The van der Waals surface area contributed by atoms with Crippen molar-refractivity contribution in [3.8, 4) is 0 Å². The van der Waals surface area contributed by atoms with Crippen molar-refractivity contribution < 1.29 is 19.4 Å². The number of nitrogens with zero attached hydrogens (tertiary/aromatic N) is 1. The SMILES string of the molecule is O=C(O)C[C@@H]1O[C@H](c2cccc(Cl)c2)[C@@H](c2cc3ccccc3[nH]2)N(CC2CC2)C1=O. The normalized spacial score (nSPS) is 24.0. The van der Waals surface area contributed by atoms with Gasteiger partial charge in [-0.3, -0.25) is 9.59 Å². The Morgan fingerprint density at radius 3 is 2.68 bits per heavy atom. The van der Waals surface area contributed by atoms with Gasteiger partial charge in [0.15, 0.2) is 0 Å². The molecule has 0 spiro atoms. The number of aromatic nitrogens is 1. The van der Waals surface area contributed by atoms with Gasteiger partial charge in [-0.15, -0.1) is 0 Å². The fourth-order valence-electron chi connectivity index (χ4n) is 4.40. The molecule has 3 atom stereocenters. The lowest BCUT2D eigenvalue weighted by atomic mass is 9.94. The van der Waals surface area contributed by atoms with Crippen molar-refractivity contribution >= 4 is 34.4 Å². The zero-order chi connectivity index (χ0) is 21.5. The number of aromatic amines is 1. The van der Waals surface area contributed by atoms with E-state index in [0.29, 0.717) is 17.5 Å². The van der Waals surface area contributed by atoms with Crippen LogP contribution >= 0.6 is 11.6 Å². The van der Waals surface area contributed by atoms with E-state index in [4.69, 9.17) is 16.3 Å². The van der Waals surface area contributed by atoms with Gasteiger partial charge in [0, 0.05) is 22.8 Å². The first-order valence-electron chi connectivity index (χ1n) is 10.5. The number of carboxylic acid groups (broad SMARTS) is 1. The van der Waals surface area contributed by atoms with Crippen molar-refractivity contribution in [1.29, 1.82) is 0 Å². The van der Waals surface area contributed by atoms with Crippen LogP contribution in [0.15, 0.2) is 54.6 Å². The zero-order valence-electron chi connectivity index (χ0n) is 16.8. The second-order valence-corrected chi connectivity index (χ2v) is 8.83. The molecule has 0 bridgehead atoms. The van der Waals surface area contributed by atoms with Crippen LogP contribution in [0, 0.1) is 5.92 Å². The molecule has 0 unspecified atom stereocenters. The number of carbonyl (C=O) groups excluding carboxylic acids is 1. The first-order chi connectivity index (χ1) is 15.0. The van der Waals surface area contributed by atoms with Crippen molar-refractivity contribution in [3.63, 3.8) is 0 Å². The number of aliphatic carboxylic acids is 1. The quantitative estimate of drug-likeness (QED) is 0.583.